The van der Waals surface area contributed by atoms with Crippen LogP contribution >= 0.6 is 0 Å². The summed E-state index contributed by atoms with van der Waals surface area (Å²) in [5, 5.41) is 5.51. The summed E-state index contributed by atoms with van der Waals surface area (Å²) in [5.41, 5.74) is 1.63. The number of carbonyl (C=O) groups excluding carboxylic acids is 1. The van der Waals surface area contributed by atoms with Gasteiger partial charge in [-0.05, 0) is 42.3 Å². The van der Waals surface area contributed by atoms with Crippen molar-refractivity contribution in [1.29, 1.82) is 0 Å². The third-order valence-electron chi connectivity index (χ3n) is 3.72. The number of rotatable bonds is 7. The Hall–Kier alpha value is -2.90. The first-order valence-corrected chi connectivity index (χ1v) is 8.23. The molecule has 0 aromatic heterocycles. The van der Waals surface area contributed by atoms with Gasteiger partial charge < -0.3 is 20.1 Å². The molecule has 5 nitrogen and oxygen atoms in total. The molecule has 0 aliphatic heterocycles. The smallest absolute Gasteiger partial charge is 0.422 e. The lowest BCUT2D eigenvalue weighted by molar-refractivity contribution is -0.153. The summed E-state index contributed by atoms with van der Waals surface area (Å²) < 4.78 is 46.2. The Bertz CT molecular complexity index is 749. The molecule has 146 valence electrons. The van der Waals surface area contributed by atoms with Gasteiger partial charge in [-0.1, -0.05) is 24.3 Å². The Labute approximate surface area is 155 Å². The zero-order valence-corrected chi connectivity index (χ0v) is 15.0. The third-order valence-corrected chi connectivity index (χ3v) is 3.72. The first kappa shape index (κ1) is 20.4. The van der Waals surface area contributed by atoms with Crippen molar-refractivity contribution in [3.8, 4) is 11.5 Å². The molecule has 27 heavy (non-hydrogen) atoms. The number of methoxy groups -OCH3 is 1. The highest BCUT2D eigenvalue weighted by atomic mass is 19.4. The van der Waals surface area contributed by atoms with Gasteiger partial charge in [0, 0.05) is 6.54 Å². The van der Waals surface area contributed by atoms with Gasteiger partial charge in [-0.25, -0.2) is 4.79 Å². The Balaban J connectivity index is 1.83. The Kier molecular flexibility index (Phi) is 6.92. The maximum Gasteiger partial charge on any atom is 0.422 e. The fourth-order valence-corrected chi connectivity index (χ4v) is 2.31. The lowest BCUT2D eigenvalue weighted by atomic mass is 10.1. The highest BCUT2D eigenvalue weighted by Gasteiger charge is 2.28. The molecule has 0 saturated carbocycles. The molecule has 2 aromatic rings. The molecule has 2 N–H and O–H groups in total. The van der Waals surface area contributed by atoms with Crippen molar-refractivity contribution in [2.75, 3.05) is 13.7 Å². The van der Waals surface area contributed by atoms with Crippen LogP contribution in [0.1, 0.15) is 24.1 Å². The summed E-state index contributed by atoms with van der Waals surface area (Å²) in [4.78, 5) is 12.0. The number of urea groups is 1. The Morgan fingerprint density at radius 3 is 2.44 bits per heavy atom. The number of benzene rings is 2. The van der Waals surface area contributed by atoms with E-state index in [1.807, 2.05) is 24.3 Å². The molecule has 0 radical (unpaired) electrons. The van der Waals surface area contributed by atoms with E-state index in [1.165, 1.54) is 12.1 Å². The average molecular weight is 382 g/mol. The van der Waals surface area contributed by atoms with Crippen molar-refractivity contribution >= 4 is 6.03 Å². The van der Waals surface area contributed by atoms with Gasteiger partial charge in [0.15, 0.2) is 6.61 Å². The van der Waals surface area contributed by atoms with Crippen LogP contribution in [0.2, 0.25) is 0 Å². The Morgan fingerprint density at radius 2 is 1.81 bits per heavy atom. The molecular formula is C19H21F3N2O3. The molecule has 8 heteroatoms. The number of carbonyl (C=O) groups is 1. The topological polar surface area (TPSA) is 59.6 Å². The minimum absolute atomic E-state index is 0.116. The molecular weight excluding hydrogens is 361 g/mol. The van der Waals surface area contributed by atoms with E-state index >= 15 is 0 Å². The number of ether oxygens (including phenoxy) is 2. The fraction of sp³-hybridized carbons (Fsp3) is 0.316. The van der Waals surface area contributed by atoms with E-state index in [2.05, 4.69) is 15.4 Å². The fourth-order valence-electron chi connectivity index (χ4n) is 2.31. The van der Waals surface area contributed by atoms with Crippen LogP contribution < -0.4 is 20.1 Å². The highest BCUT2D eigenvalue weighted by molar-refractivity contribution is 5.74. The van der Waals surface area contributed by atoms with E-state index in [9.17, 15) is 18.0 Å². The molecule has 0 saturated heterocycles. The minimum atomic E-state index is -4.38. The van der Waals surface area contributed by atoms with E-state index < -0.39 is 12.8 Å². The SMILES string of the molecule is COc1cccc(CNC(=O)NC(C)c2ccc(OCC(F)(F)F)cc2)c1. The van der Waals surface area contributed by atoms with Crippen LogP contribution in [0.3, 0.4) is 0 Å². The average Bonchev–Trinajstić information content (AvgIpc) is 2.64. The number of alkyl halides is 3. The zero-order chi connectivity index (χ0) is 19.9. The van der Waals surface area contributed by atoms with Gasteiger partial charge in [-0.2, -0.15) is 13.2 Å². The van der Waals surface area contributed by atoms with Crippen molar-refractivity contribution in [2.24, 2.45) is 0 Å². The van der Waals surface area contributed by atoms with Crippen molar-refractivity contribution in [2.45, 2.75) is 25.7 Å². The molecule has 0 aliphatic carbocycles. The van der Waals surface area contributed by atoms with Crippen LogP contribution in [0, 0.1) is 0 Å². The highest BCUT2D eigenvalue weighted by Crippen LogP contribution is 2.21. The summed E-state index contributed by atoms with van der Waals surface area (Å²) in [5.74, 6) is 0.821. The molecule has 0 aliphatic rings. The largest absolute Gasteiger partial charge is 0.497 e. The number of halogens is 3. The summed E-state index contributed by atoms with van der Waals surface area (Å²) in [6.45, 7) is 0.767. The monoisotopic (exact) mass is 382 g/mol. The van der Waals surface area contributed by atoms with Crippen molar-refractivity contribution < 1.29 is 27.4 Å². The zero-order valence-electron chi connectivity index (χ0n) is 15.0. The minimum Gasteiger partial charge on any atom is -0.497 e. The van der Waals surface area contributed by atoms with Gasteiger partial charge in [-0.15, -0.1) is 0 Å². The molecule has 0 spiro atoms. The second kappa shape index (κ2) is 9.16. The van der Waals surface area contributed by atoms with E-state index in [1.54, 1.807) is 26.2 Å². The molecule has 0 bridgehead atoms. The second-order valence-corrected chi connectivity index (χ2v) is 5.87. The summed E-state index contributed by atoms with van der Waals surface area (Å²) in [6.07, 6.45) is -4.38. The van der Waals surface area contributed by atoms with Crippen LogP contribution in [0.4, 0.5) is 18.0 Å². The molecule has 2 rings (SSSR count). The number of nitrogens with one attached hydrogen (secondary N) is 2. The lowest BCUT2D eigenvalue weighted by Gasteiger charge is -2.16. The van der Waals surface area contributed by atoms with E-state index in [-0.39, 0.29) is 17.8 Å². The molecule has 1 atom stereocenters. The molecule has 0 fully saturated rings. The summed E-state index contributed by atoms with van der Waals surface area (Å²) in [7, 11) is 1.57. The van der Waals surface area contributed by atoms with Gasteiger partial charge >= 0.3 is 12.2 Å². The molecule has 0 heterocycles. The van der Waals surface area contributed by atoms with Crippen LogP contribution in [0.15, 0.2) is 48.5 Å². The van der Waals surface area contributed by atoms with Crippen molar-refractivity contribution in [3.05, 3.63) is 59.7 Å². The standard InChI is InChI=1S/C19H21F3N2O3/c1-13(15-6-8-16(9-7-15)27-12-19(20,21)22)24-18(25)23-11-14-4-3-5-17(10-14)26-2/h3-10,13H,11-12H2,1-2H3,(H2,23,24,25). The van der Waals surface area contributed by atoms with E-state index in [0.717, 1.165) is 11.1 Å². The van der Waals surface area contributed by atoms with E-state index in [4.69, 9.17) is 4.74 Å². The third kappa shape index (κ3) is 7.08. The van der Waals surface area contributed by atoms with Crippen molar-refractivity contribution in [1.82, 2.24) is 10.6 Å². The first-order valence-electron chi connectivity index (χ1n) is 8.23. The second-order valence-electron chi connectivity index (χ2n) is 5.87. The quantitative estimate of drug-likeness (QED) is 0.755. The Morgan fingerprint density at radius 1 is 1.11 bits per heavy atom. The van der Waals surface area contributed by atoms with Gasteiger partial charge in [0.2, 0.25) is 0 Å². The lowest BCUT2D eigenvalue weighted by Crippen LogP contribution is -2.36. The molecule has 2 amide bonds. The van der Waals surface area contributed by atoms with Gasteiger partial charge in [-0.3, -0.25) is 0 Å². The van der Waals surface area contributed by atoms with Gasteiger partial charge in [0.05, 0.1) is 13.2 Å². The van der Waals surface area contributed by atoms with Crippen LogP contribution in [0.5, 0.6) is 11.5 Å². The van der Waals surface area contributed by atoms with Crippen LogP contribution in [-0.2, 0) is 6.54 Å². The maximum absolute atomic E-state index is 12.1. The summed E-state index contributed by atoms with van der Waals surface area (Å²) >= 11 is 0. The predicted molar refractivity (Wildman–Crippen MR) is 94.8 cm³/mol. The first-order chi connectivity index (χ1) is 12.8. The van der Waals surface area contributed by atoms with Crippen molar-refractivity contribution in [3.63, 3.8) is 0 Å². The van der Waals surface area contributed by atoms with Crippen LogP contribution in [-0.4, -0.2) is 25.9 Å². The number of amides is 2. The van der Waals surface area contributed by atoms with Gasteiger partial charge in [0.1, 0.15) is 11.5 Å². The maximum atomic E-state index is 12.1. The van der Waals surface area contributed by atoms with Gasteiger partial charge in [0.25, 0.3) is 0 Å². The summed E-state index contributed by atoms with van der Waals surface area (Å²) in [6, 6.07) is 12.7. The number of hydrogen-bond acceptors (Lipinski definition) is 3. The van der Waals surface area contributed by atoms with E-state index in [0.29, 0.717) is 12.3 Å². The predicted octanol–water partition coefficient (Wildman–Crippen LogP) is 4.20. The molecule has 2 aromatic carbocycles. The number of hydrogen-bond donors (Lipinski definition) is 2. The molecule has 1 unspecified atom stereocenters. The normalized spacial score (nSPS) is 12.2. The van der Waals surface area contributed by atoms with Crippen LogP contribution in [0.25, 0.3) is 0 Å².